The number of ether oxygens (including phenoxy) is 2. The maximum Gasteiger partial charge on any atom is 0.166 e. The van der Waals surface area contributed by atoms with Crippen molar-refractivity contribution < 1.29 is 13.9 Å². The summed E-state index contributed by atoms with van der Waals surface area (Å²) in [7, 11) is 0. The van der Waals surface area contributed by atoms with Crippen LogP contribution in [0.25, 0.3) is 0 Å². The Bertz CT molecular complexity index is 365. The third kappa shape index (κ3) is 5.51. The number of hydrogen-bond donors (Lipinski definition) is 0. The minimum atomic E-state index is -0.269. The van der Waals surface area contributed by atoms with Gasteiger partial charge in [-0.3, -0.25) is 0 Å². The van der Waals surface area contributed by atoms with E-state index in [0.29, 0.717) is 23.9 Å². The maximum atomic E-state index is 14.2. The minimum Gasteiger partial charge on any atom is -0.352 e. The molecule has 0 spiro atoms. The van der Waals surface area contributed by atoms with Crippen LogP contribution in [0.1, 0.15) is 32.8 Å². The van der Waals surface area contributed by atoms with E-state index in [9.17, 15) is 4.39 Å². The average molecular weight is 286 g/mol. The fourth-order valence-electron chi connectivity index (χ4n) is 1.80. The fourth-order valence-corrected chi connectivity index (χ4v) is 2.74. The Labute approximate surface area is 119 Å². The van der Waals surface area contributed by atoms with E-state index >= 15 is 0 Å². The van der Waals surface area contributed by atoms with Crippen LogP contribution in [-0.4, -0.2) is 25.3 Å². The maximum absolute atomic E-state index is 14.2. The van der Waals surface area contributed by atoms with Crippen LogP contribution >= 0.6 is 11.8 Å². The Morgan fingerprint density at radius 3 is 2.42 bits per heavy atom. The first-order valence-corrected chi connectivity index (χ1v) is 7.84. The molecule has 0 aromatic heterocycles. The molecule has 1 aromatic rings. The minimum absolute atomic E-state index is 0.0962. The van der Waals surface area contributed by atoms with Gasteiger partial charge in [0.1, 0.15) is 5.82 Å². The summed E-state index contributed by atoms with van der Waals surface area (Å²) in [6.07, 6.45) is 1.46. The van der Waals surface area contributed by atoms with E-state index in [1.807, 2.05) is 32.0 Å². The Balaban J connectivity index is 2.63. The van der Waals surface area contributed by atoms with Gasteiger partial charge in [-0.2, -0.15) is 0 Å². The van der Waals surface area contributed by atoms with Crippen LogP contribution in [0.5, 0.6) is 0 Å². The van der Waals surface area contributed by atoms with E-state index in [0.717, 1.165) is 18.4 Å². The van der Waals surface area contributed by atoms with E-state index in [1.54, 1.807) is 0 Å². The molecule has 0 atom stereocenters. The molecule has 0 aliphatic heterocycles. The van der Waals surface area contributed by atoms with Crippen molar-refractivity contribution in [3.05, 3.63) is 29.6 Å². The predicted octanol–water partition coefficient (Wildman–Crippen LogP) is 4.27. The largest absolute Gasteiger partial charge is 0.352 e. The highest BCUT2D eigenvalue weighted by Gasteiger charge is 2.12. The van der Waals surface area contributed by atoms with Crippen molar-refractivity contribution in [1.82, 2.24) is 0 Å². The van der Waals surface area contributed by atoms with Gasteiger partial charge in [0.2, 0.25) is 0 Å². The molecule has 0 unspecified atom stereocenters. The molecule has 2 nitrogen and oxygen atoms in total. The molecule has 0 aliphatic carbocycles. The van der Waals surface area contributed by atoms with Crippen molar-refractivity contribution in [1.29, 1.82) is 0 Å². The van der Waals surface area contributed by atoms with Gasteiger partial charge in [0.25, 0.3) is 0 Å². The van der Waals surface area contributed by atoms with Gasteiger partial charge in [-0.25, -0.2) is 4.39 Å². The second-order valence-electron chi connectivity index (χ2n) is 4.13. The van der Waals surface area contributed by atoms with Crippen molar-refractivity contribution in [3.8, 4) is 0 Å². The van der Waals surface area contributed by atoms with Gasteiger partial charge in [0.05, 0.1) is 0 Å². The number of thioether (sulfide) groups is 1. The molecule has 1 rings (SSSR count). The first kappa shape index (κ1) is 16.5. The second kappa shape index (κ2) is 9.34. The first-order chi connectivity index (χ1) is 9.22. The summed E-state index contributed by atoms with van der Waals surface area (Å²) in [5, 5.41) is 0. The molecule has 0 saturated heterocycles. The van der Waals surface area contributed by atoms with Gasteiger partial charge in [0, 0.05) is 23.9 Å². The van der Waals surface area contributed by atoms with E-state index in [4.69, 9.17) is 9.47 Å². The molecule has 0 fully saturated rings. The highest BCUT2D eigenvalue weighted by molar-refractivity contribution is 7.99. The summed E-state index contributed by atoms with van der Waals surface area (Å²) in [6, 6.07) is 5.58. The SMILES string of the molecule is CCCc1cccc(SCC(OCC)OCC)c1F. The zero-order valence-electron chi connectivity index (χ0n) is 11.9. The predicted molar refractivity (Wildman–Crippen MR) is 78.2 cm³/mol. The van der Waals surface area contributed by atoms with E-state index in [1.165, 1.54) is 11.8 Å². The van der Waals surface area contributed by atoms with Crippen LogP contribution in [0, 0.1) is 5.82 Å². The lowest BCUT2D eigenvalue weighted by Crippen LogP contribution is -2.20. The van der Waals surface area contributed by atoms with Crippen LogP contribution in [0.3, 0.4) is 0 Å². The molecule has 0 aliphatic rings. The van der Waals surface area contributed by atoms with E-state index in [-0.39, 0.29) is 12.1 Å². The van der Waals surface area contributed by atoms with Crippen LogP contribution in [0.2, 0.25) is 0 Å². The van der Waals surface area contributed by atoms with Gasteiger partial charge in [0.15, 0.2) is 6.29 Å². The van der Waals surface area contributed by atoms with Gasteiger partial charge in [-0.15, -0.1) is 11.8 Å². The normalized spacial score (nSPS) is 11.2. The number of aryl methyl sites for hydroxylation is 1. The standard InChI is InChI=1S/C15H23FO2S/c1-4-8-12-9-7-10-13(15(12)16)19-11-14(17-5-2)18-6-3/h7,9-10,14H,4-6,8,11H2,1-3H3. The number of rotatable bonds is 9. The molecule has 0 saturated carbocycles. The molecule has 1 aromatic carbocycles. The molecule has 19 heavy (non-hydrogen) atoms. The lowest BCUT2D eigenvalue weighted by atomic mass is 10.1. The zero-order chi connectivity index (χ0) is 14.1. The third-order valence-electron chi connectivity index (χ3n) is 2.64. The van der Waals surface area contributed by atoms with Crippen molar-refractivity contribution in [2.24, 2.45) is 0 Å². The van der Waals surface area contributed by atoms with Crippen molar-refractivity contribution >= 4 is 11.8 Å². The summed E-state index contributed by atoms with van der Waals surface area (Å²) in [4.78, 5) is 0.676. The van der Waals surface area contributed by atoms with Crippen LogP contribution in [0.15, 0.2) is 23.1 Å². The Morgan fingerprint density at radius 2 is 1.84 bits per heavy atom. The van der Waals surface area contributed by atoms with Crippen molar-refractivity contribution in [2.45, 2.75) is 44.8 Å². The van der Waals surface area contributed by atoms with E-state index in [2.05, 4.69) is 6.92 Å². The second-order valence-corrected chi connectivity index (χ2v) is 5.19. The van der Waals surface area contributed by atoms with Crippen molar-refractivity contribution in [2.75, 3.05) is 19.0 Å². The van der Waals surface area contributed by atoms with Gasteiger partial charge >= 0.3 is 0 Å². The average Bonchev–Trinajstić information content (AvgIpc) is 2.40. The quantitative estimate of drug-likeness (QED) is 0.499. The topological polar surface area (TPSA) is 18.5 Å². The zero-order valence-corrected chi connectivity index (χ0v) is 12.8. The van der Waals surface area contributed by atoms with Gasteiger partial charge in [-0.05, 0) is 31.9 Å². The number of halogens is 1. The lowest BCUT2D eigenvalue weighted by molar-refractivity contribution is -0.120. The Kier molecular flexibility index (Phi) is 8.10. The van der Waals surface area contributed by atoms with E-state index < -0.39 is 0 Å². The number of hydrogen-bond acceptors (Lipinski definition) is 3. The molecule has 0 bridgehead atoms. The summed E-state index contributed by atoms with van der Waals surface area (Å²) in [5.41, 5.74) is 0.789. The summed E-state index contributed by atoms with van der Waals surface area (Å²) in [5.74, 6) is 0.509. The molecule has 0 radical (unpaired) electrons. The monoisotopic (exact) mass is 286 g/mol. The molecule has 0 N–H and O–H groups in total. The van der Waals surface area contributed by atoms with Gasteiger partial charge in [-0.1, -0.05) is 25.5 Å². The molecule has 0 heterocycles. The molecular weight excluding hydrogens is 263 g/mol. The molecular formula is C15H23FO2S. The Morgan fingerprint density at radius 1 is 1.16 bits per heavy atom. The first-order valence-electron chi connectivity index (χ1n) is 6.86. The smallest absolute Gasteiger partial charge is 0.166 e. The summed E-state index contributed by atoms with van der Waals surface area (Å²) in [6.45, 7) is 7.12. The Hall–Kier alpha value is -0.580. The van der Waals surface area contributed by atoms with Gasteiger partial charge < -0.3 is 9.47 Å². The number of benzene rings is 1. The molecule has 0 amide bonds. The highest BCUT2D eigenvalue weighted by atomic mass is 32.2. The highest BCUT2D eigenvalue weighted by Crippen LogP contribution is 2.26. The third-order valence-corrected chi connectivity index (χ3v) is 3.71. The summed E-state index contributed by atoms with van der Waals surface area (Å²) < 4.78 is 25.1. The summed E-state index contributed by atoms with van der Waals surface area (Å²) >= 11 is 1.45. The van der Waals surface area contributed by atoms with Crippen LogP contribution in [0.4, 0.5) is 4.39 Å². The van der Waals surface area contributed by atoms with Crippen molar-refractivity contribution in [3.63, 3.8) is 0 Å². The lowest BCUT2D eigenvalue weighted by Gasteiger charge is -2.16. The molecule has 4 heteroatoms. The fraction of sp³-hybridized carbons (Fsp3) is 0.600. The van der Waals surface area contributed by atoms with Crippen LogP contribution in [-0.2, 0) is 15.9 Å². The molecule has 108 valence electrons. The van der Waals surface area contributed by atoms with Crippen LogP contribution < -0.4 is 0 Å².